The van der Waals surface area contributed by atoms with Gasteiger partial charge in [0.2, 0.25) is 0 Å². The predicted octanol–water partition coefficient (Wildman–Crippen LogP) is 22.0. The van der Waals surface area contributed by atoms with Gasteiger partial charge in [0.1, 0.15) is 22.7 Å². The molecule has 12 rings (SSSR count). The van der Waals surface area contributed by atoms with Crippen molar-refractivity contribution in [2.75, 3.05) is 14.7 Å². The van der Waals surface area contributed by atoms with Crippen LogP contribution in [0.3, 0.4) is 0 Å². The maximum Gasteiger partial charge on any atom is 0.135 e. The van der Waals surface area contributed by atoms with Crippen LogP contribution < -0.4 is 14.7 Å². The minimum atomic E-state index is -0.0351. The molecule has 11 aromatic rings. The molecule has 1 aliphatic rings. The molecule has 0 fully saturated rings. The lowest BCUT2D eigenvalue weighted by Gasteiger charge is -2.36. The highest BCUT2D eigenvalue weighted by molar-refractivity contribution is 6.37. The smallest absolute Gasteiger partial charge is 0.135 e. The molecule has 0 spiro atoms. The molecule has 6 heteroatoms. The van der Waals surface area contributed by atoms with Crippen molar-refractivity contribution in [2.24, 2.45) is 0 Å². The van der Waals surface area contributed by atoms with E-state index in [9.17, 15) is 0 Å². The number of nitrogens with zero attached hydrogens (tertiary/aromatic N) is 3. The molecule has 0 saturated carbocycles. The first-order chi connectivity index (χ1) is 38.4. The summed E-state index contributed by atoms with van der Waals surface area (Å²) in [6.45, 7) is 24.9. The summed E-state index contributed by atoms with van der Waals surface area (Å²) >= 11 is 8.31. The third kappa shape index (κ3) is 9.68. The molecule has 0 atom stereocenters. The van der Waals surface area contributed by atoms with Gasteiger partial charge in [-0.15, -0.1) is 0 Å². The molecule has 0 N–H and O–H groups in total. The minimum absolute atomic E-state index is 0.0292. The van der Waals surface area contributed by atoms with Gasteiger partial charge < -0.3 is 23.5 Å². The van der Waals surface area contributed by atoms with Crippen molar-refractivity contribution in [2.45, 2.75) is 93.4 Å². The lowest BCUT2D eigenvalue weighted by atomic mass is 9.84. The van der Waals surface area contributed by atoms with Crippen molar-refractivity contribution in [3.05, 3.63) is 255 Å². The van der Waals surface area contributed by atoms with E-state index in [4.69, 9.17) is 20.4 Å². The highest BCUT2D eigenvalue weighted by atomic mass is 35.5. The normalized spacial score (nSPS) is 12.5. The van der Waals surface area contributed by atoms with Gasteiger partial charge in [0.15, 0.2) is 0 Å². The summed E-state index contributed by atoms with van der Waals surface area (Å²) in [7, 11) is 0. The number of furan rings is 2. The molecular formula is C74H68ClN3O2. The molecule has 0 aliphatic heterocycles. The summed E-state index contributed by atoms with van der Waals surface area (Å²) in [5.41, 5.74) is 23.5. The van der Waals surface area contributed by atoms with E-state index in [0.717, 1.165) is 119 Å². The number of para-hydroxylation sites is 3. The maximum absolute atomic E-state index is 8.31. The monoisotopic (exact) mass is 1070 g/mol. The summed E-state index contributed by atoms with van der Waals surface area (Å²) in [5.74, 6) is 1.61. The van der Waals surface area contributed by atoms with Crippen molar-refractivity contribution in [3.8, 4) is 22.6 Å². The highest BCUT2D eigenvalue weighted by Gasteiger charge is 2.32. The van der Waals surface area contributed by atoms with Crippen LogP contribution in [-0.4, -0.2) is 0 Å². The molecule has 398 valence electrons. The zero-order chi connectivity index (χ0) is 55.8. The third-order valence-electron chi connectivity index (χ3n) is 15.9. The third-order valence-corrected chi connectivity index (χ3v) is 16.3. The Kier molecular flexibility index (Phi) is 13.2. The van der Waals surface area contributed by atoms with E-state index in [1.165, 1.54) is 33.4 Å². The Hall–Kier alpha value is -8.51. The molecule has 9 aromatic carbocycles. The van der Waals surface area contributed by atoms with Gasteiger partial charge in [-0.25, -0.2) is 0 Å². The Morgan fingerprint density at radius 3 is 1.43 bits per heavy atom. The number of aryl methyl sites for hydroxylation is 5. The number of hydrogen-bond donors (Lipinski definition) is 0. The molecule has 1 aliphatic carbocycles. The molecule has 80 heavy (non-hydrogen) atoms. The Bertz CT molecular complexity index is 4010. The summed E-state index contributed by atoms with van der Waals surface area (Å²) in [5, 5.41) is 2.77. The molecule has 0 unspecified atom stereocenters. The average molecular weight is 1070 g/mol. The van der Waals surface area contributed by atoms with Gasteiger partial charge in [-0.3, -0.25) is 0 Å². The van der Waals surface area contributed by atoms with E-state index in [1.54, 1.807) is 0 Å². The van der Waals surface area contributed by atoms with Crippen LogP contribution in [0.2, 0.25) is 5.02 Å². The van der Waals surface area contributed by atoms with Crippen molar-refractivity contribution >= 4 is 84.7 Å². The van der Waals surface area contributed by atoms with Crippen LogP contribution in [0.4, 0.5) is 45.5 Å². The number of hydrogen-bond acceptors (Lipinski definition) is 5. The van der Waals surface area contributed by atoms with Crippen LogP contribution in [0, 0.1) is 34.6 Å². The second kappa shape index (κ2) is 20.3. The molecular weight excluding hydrogens is 998 g/mol. The first kappa shape index (κ1) is 52.2. The number of halogens is 1. The van der Waals surface area contributed by atoms with Gasteiger partial charge in [0, 0.05) is 50.2 Å². The van der Waals surface area contributed by atoms with Gasteiger partial charge in [0.05, 0.1) is 33.5 Å². The largest absolute Gasteiger partial charge is 0.456 e. The lowest BCUT2D eigenvalue weighted by Crippen LogP contribution is -2.21. The maximum atomic E-state index is 8.31. The first-order valence-electron chi connectivity index (χ1n) is 27.9. The molecule has 0 bridgehead atoms. The quantitative estimate of drug-likeness (QED) is 0.129. The fourth-order valence-corrected chi connectivity index (χ4v) is 12.0. The Labute approximate surface area is 477 Å². The zero-order valence-electron chi connectivity index (χ0n) is 47.8. The van der Waals surface area contributed by atoms with Gasteiger partial charge in [0.25, 0.3) is 0 Å². The standard InChI is InChI=1S/C74H68ClN3O2/c1-46-36-64(70(75)65(37-46)78(72-49(4)38-57(39-50(72)5)74(9,10)11)63-35-33-51-32-34-56(44-62(51)63)73(6,7)8)77(71-47(2)20-16-21-48(71)3)61-29-19-28-60(45-61)76(58-26-17-24-52(40-58)68-42-54-22-12-14-30-66(54)79-68)59-27-18-25-53(41-59)69-43-55-23-13-15-31-67(55)80-69/h12-32,34-45H,33H2,1-11H3. The van der Waals surface area contributed by atoms with Crippen molar-refractivity contribution in [1.82, 2.24) is 0 Å². The molecule has 0 saturated heterocycles. The SMILES string of the molecule is Cc1cc(N(C2=CCc3ccc(C(C)(C)C)cc32)c2c(C)cc(C(C)(C)C)cc2C)c(Cl)c(N(c2cccc(N(c3cccc(-c4cc5ccccc5o4)c3)c3cccc(-c4cc5ccccc5o4)c3)c2)c2c(C)cccc2C)c1. The van der Waals surface area contributed by atoms with E-state index in [-0.39, 0.29) is 10.8 Å². The summed E-state index contributed by atoms with van der Waals surface area (Å²) in [6, 6.07) is 69.6. The molecule has 0 radical (unpaired) electrons. The first-order valence-corrected chi connectivity index (χ1v) is 28.3. The van der Waals surface area contributed by atoms with E-state index in [1.807, 2.05) is 36.4 Å². The topological polar surface area (TPSA) is 36.0 Å². The number of rotatable bonds is 11. The van der Waals surface area contributed by atoms with Crippen LogP contribution in [0.25, 0.3) is 50.3 Å². The number of anilines is 8. The average Bonchev–Trinajstić information content (AvgIpc) is 4.31. The van der Waals surface area contributed by atoms with Gasteiger partial charge in [-0.1, -0.05) is 168 Å². The highest BCUT2D eigenvalue weighted by Crippen LogP contribution is 2.52. The number of benzene rings is 9. The summed E-state index contributed by atoms with van der Waals surface area (Å²) in [6.07, 6.45) is 3.24. The van der Waals surface area contributed by atoms with E-state index in [0.29, 0.717) is 5.02 Å². The molecule has 5 nitrogen and oxygen atoms in total. The Balaban J connectivity index is 1.06. The number of allylic oxidation sites excluding steroid dienone is 1. The fraction of sp³-hybridized carbons (Fsp3) is 0.189. The predicted molar refractivity (Wildman–Crippen MR) is 339 cm³/mol. The van der Waals surface area contributed by atoms with Crippen molar-refractivity contribution in [3.63, 3.8) is 0 Å². The van der Waals surface area contributed by atoms with Crippen LogP contribution in [-0.2, 0) is 17.3 Å². The van der Waals surface area contributed by atoms with E-state index < -0.39 is 0 Å². The van der Waals surface area contributed by atoms with Crippen LogP contribution in [0.5, 0.6) is 0 Å². The van der Waals surface area contributed by atoms with E-state index in [2.05, 4.69) is 255 Å². The Morgan fingerprint density at radius 1 is 0.412 bits per heavy atom. The van der Waals surface area contributed by atoms with E-state index >= 15 is 0 Å². The van der Waals surface area contributed by atoms with Crippen LogP contribution >= 0.6 is 11.6 Å². The molecule has 2 aromatic heterocycles. The van der Waals surface area contributed by atoms with Gasteiger partial charge >= 0.3 is 0 Å². The minimum Gasteiger partial charge on any atom is -0.456 e. The van der Waals surface area contributed by atoms with Gasteiger partial charge in [-0.2, -0.15) is 0 Å². The zero-order valence-corrected chi connectivity index (χ0v) is 48.6. The number of fused-ring (bicyclic) bond motifs is 3. The van der Waals surface area contributed by atoms with Crippen LogP contribution in [0.1, 0.15) is 91.6 Å². The van der Waals surface area contributed by atoms with Crippen molar-refractivity contribution in [1.29, 1.82) is 0 Å². The van der Waals surface area contributed by atoms with Crippen molar-refractivity contribution < 1.29 is 8.83 Å². The second-order valence-corrected chi connectivity index (χ2v) is 24.3. The van der Waals surface area contributed by atoms with Gasteiger partial charge in [-0.05, 0) is 181 Å². The van der Waals surface area contributed by atoms with Crippen LogP contribution in [0.15, 0.2) is 209 Å². The fourth-order valence-electron chi connectivity index (χ4n) is 11.8. The Morgan fingerprint density at radius 2 is 0.887 bits per heavy atom. The molecule has 0 amide bonds. The second-order valence-electron chi connectivity index (χ2n) is 23.9. The molecule has 2 heterocycles. The summed E-state index contributed by atoms with van der Waals surface area (Å²) < 4.78 is 13.0. The summed E-state index contributed by atoms with van der Waals surface area (Å²) in [4.78, 5) is 7.19. The lowest BCUT2D eigenvalue weighted by molar-refractivity contribution is 0.589.